The molecular formula is C5H12Cl6N2P2. The van der Waals surface area contributed by atoms with Gasteiger partial charge in [0.2, 0.25) is 0 Å². The normalized spacial score (nSPS) is 38.0. The topological polar surface area (TPSA) is 6.48 Å². The molecule has 0 radical (unpaired) electrons. The van der Waals surface area contributed by atoms with Gasteiger partial charge < -0.3 is 0 Å². The molecule has 0 amide bonds. The molecule has 0 bridgehead atoms. The van der Waals surface area contributed by atoms with Crippen LogP contribution in [0.25, 0.3) is 0 Å². The van der Waals surface area contributed by atoms with Crippen molar-refractivity contribution in [3.8, 4) is 0 Å². The van der Waals surface area contributed by atoms with Gasteiger partial charge in [-0.05, 0) is 0 Å². The van der Waals surface area contributed by atoms with E-state index in [0.717, 1.165) is 0 Å². The molecular weight excluding hydrogens is 363 g/mol. The predicted octanol–water partition coefficient (Wildman–Crippen LogP) is 6.72. The van der Waals surface area contributed by atoms with E-state index in [4.69, 9.17) is 67.4 Å². The van der Waals surface area contributed by atoms with E-state index in [2.05, 4.69) is 0 Å². The van der Waals surface area contributed by atoms with Gasteiger partial charge in [0, 0.05) is 0 Å². The van der Waals surface area contributed by atoms with Gasteiger partial charge in [-0.2, -0.15) is 0 Å². The second-order valence-electron chi connectivity index (χ2n) is 4.48. The molecule has 10 heteroatoms. The average Bonchev–Trinajstić information content (AvgIpc) is 1.76. The molecule has 1 aliphatic rings. The summed E-state index contributed by atoms with van der Waals surface area (Å²) >= 11 is 37.4. The standard InChI is InChI=1S/C5H12Cl6N2P2/c1-5(2,3)13-14(6,7)12(4)15(13,8,9,10)11/h1-4H3. The third-order valence-electron chi connectivity index (χ3n) is 2.11. The van der Waals surface area contributed by atoms with Gasteiger partial charge >= 0.3 is 120 Å². The summed E-state index contributed by atoms with van der Waals surface area (Å²) in [7, 11) is 1.53. The summed E-state index contributed by atoms with van der Waals surface area (Å²) in [5.41, 5.74) is -0.521. The molecule has 0 spiro atoms. The van der Waals surface area contributed by atoms with Crippen LogP contribution < -0.4 is 0 Å². The maximum atomic E-state index is 6.24. The summed E-state index contributed by atoms with van der Waals surface area (Å²) in [5.74, 6) is 0. The molecule has 1 fully saturated rings. The summed E-state index contributed by atoms with van der Waals surface area (Å²) in [4.78, 5) is 0. The summed E-state index contributed by atoms with van der Waals surface area (Å²) in [6, 6.07) is 0. The predicted molar refractivity (Wildman–Crippen MR) is 78.3 cm³/mol. The number of hydrogen-bond donors (Lipinski definition) is 0. The fourth-order valence-electron chi connectivity index (χ4n) is 1.58. The van der Waals surface area contributed by atoms with Crippen molar-refractivity contribution in [2.75, 3.05) is 7.05 Å². The van der Waals surface area contributed by atoms with Crippen molar-refractivity contribution in [1.82, 2.24) is 8.88 Å². The molecule has 1 saturated heterocycles. The van der Waals surface area contributed by atoms with Gasteiger partial charge in [-0.15, -0.1) is 0 Å². The Kier molecular flexibility index (Phi) is 3.28. The van der Waals surface area contributed by atoms with Crippen LogP contribution in [-0.4, -0.2) is 21.5 Å². The molecule has 1 aliphatic heterocycles. The third kappa shape index (κ3) is 2.12. The number of hydrogen-bond acceptors (Lipinski definition) is 2. The Morgan fingerprint density at radius 1 is 1.00 bits per heavy atom. The van der Waals surface area contributed by atoms with Gasteiger partial charge in [0.05, 0.1) is 0 Å². The Labute approximate surface area is 119 Å². The van der Waals surface area contributed by atoms with Crippen molar-refractivity contribution in [3.05, 3.63) is 0 Å². The molecule has 0 atom stereocenters. The van der Waals surface area contributed by atoms with Crippen LogP contribution in [0.15, 0.2) is 0 Å². The zero-order valence-electron chi connectivity index (χ0n) is 8.56. The fraction of sp³-hybridized carbons (Fsp3) is 1.00. The van der Waals surface area contributed by atoms with Crippen molar-refractivity contribution in [3.63, 3.8) is 0 Å². The first-order valence-corrected chi connectivity index (χ1v) is 13.7. The second kappa shape index (κ2) is 3.15. The molecule has 2 nitrogen and oxygen atoms in total. The van der Waals surface area contributed by atoms with Gasteiger partial charge in [-0.3, -0.25) is 0 Å². The first kappa shape index (κ1) is 15.6. The molecule has 0 N–H and O–H groups in total. The van der Waals surface area contributed by atoms with Crippen LogP contribution in [0.4, 0.5) is 0 Å². The Hall–Kier alpha value is 2.52. The van der Waals surface area contributed by atoms with Gasteiger partial charge in [0.1, 0.15) is 0 Å². The summed E-state index contributed by atoms with van der Waals surface area (Å²) in [6.45, 7) is 5.54. The minimum atomic E-state index is -4.76. The molecule has 0 aromatic heterocycles. The number of rotatable bonds is 0. The van der Waals surface area contributed by atoms with Crippen molar-refractivity contribution in [1.29, 1.82) is 0 Å². The van der Waals surface area contributed by atoms with Gasteiger partial charge in [-0.25, -0.2) is 0 Å². The third-order valence-corrected chi connectivity index (χ3v) is 21.1. The molecule has 0 saturated carbocycles. The van der Waals surface area contributed by atoms with E-state index in [0.29, 0.717) is 0 Å². The number of nitrogens with zero attached hydrogens (tertiary/aromatic N) is 2. The molecule has 1 rings (SSSR count). The Morgan fingerprint density at radius 3 is 1.47 bits per heavy atom. The van der Waals surface area contributed by atoms with E-state index in [1.165, 1.54) is 15.9 Å². The maximum absolute atomic E-state index is 6.24. The molecule has 0 unspecified atom stereocenters. The molecule has 94 valence electrons. The van der Waals surface area contributed by atoms with Crippen LogP contribution >= 0.6 is 77.4 Å². The summed E-state index contributed by atoms with van der Waals surface area (Å²) in [5, 5.41) is 0. The van der Waals surface area contributed by atoms with Gasteiger partial charge in [0.25, 0.3) is 0 Å². The Balaban J connectivity index is 3.39. The average molecular weight is 375 g/mol. The monoisotopic (exact) mass is 372 g/mol. The first-order chi connectivity index (χ1) is 6.05. The zero-order valence-corrected chi connectivity index (χ0v) is 14.9. The first-order valence-electron chi connectivity index (χ1n) is 3.99. The molecule has 0 aromatic carbocycles. The van der Waals surface area contributed by atoms with Gasteiger partial charge in [-0.1, -0.05) is 0 Å². The van der Waals surface area contributed by atoms with E-state index in [9.17, 15) is 0 Å². The van der Waals surface area contributed by atoms with Crippen molar-refractivity contribution in [2.24, 2.45) is 0 Å². The molecule has 15 heavy (non-hydrogen) atoms. The Bertz CT molecular complexity index is 315. The SMILES string of the molecule is CN1[P+](Cl)(Cl)N(C(C)(C)C)[P-]1(Cl)(Cl)(Cl)Cl. The number of halogens is 6. The van der Waals surface area contributed by atoms with Crippen LogP contribution in [-0.2, 0) is 0 Å². The summed E-state index contributed by atoms with van der Waals surface area (Å²) < 4.78 is -2.01. The van der Waals surface area contributed by atoms with Crippen molar-refractivity contribution in [2.45, 2.75) is 26.3 Å². The zero-order chi connectivity index (χ0) is 12.6. The summed E-state index contributed by atoms with van der Waals surface area (Å²) in [6.07, 6.45) is -2.65. The van der Waals surface area contributed by atoms with Crippen LogP contribution in [0.2, 0.25) is 0 Å². The minimum absolute atomic E-state index is 0.521. The fourth-order valence-corrected chi connectivity index (χ4v) is 30.1. The van der Waals surface area contributed by atoms with E-state index < -0.39 is 15.5 Å². The van der Waals surface area contributed by atoms with Gasteiger partial charge in [0.15, 0.2) is 0 Å². The molecule has 0 aromatic rings. The van der Waals surface area contributed by atoms with Crippen LogP contribution in [0.1, 0.15) is 20.8 Å². The van der Waals surface area contributed by atoms with Crippen LogP contribution in [0, 0.1) is 0 Å². The quantitative estimate of drug-likeness (QED) is 0.434. The Morgan fingerprint density at radius 2 is 1.33 bits per heavy atom. The van der Waals surface area contributed by atoms with E-state index in [1.807, 2.05) is 20.8 Å². The van der Waals surface area contributed by atoms with Crippen LogP contribution in [0.5, 0.6) is 0 Å². The molecule has 0 aliphatic carbocycles. The van der Waals surface area contributed by atoms with E-state index in [-0.39, 0.29) is 0 Å². The second-order valence-corrected chi connectivity index (χ2v) is 26.4. The van der Waals surface area contributed by atoms with E-state index >= 15 is 0 Å². The van der Waals surface area contributed by atoms with Crippen molar-refractivity contribution >= 4 is 77.4 Å². The van der Waals surface area contributed by atoms with Crippen LogP contribution in [0.3, 0.4) is 0 Å². The van der Waals surface area contributed by atoms with E-state index in [1.54, 1.807) is 0 Å². The molecule has 1 heterocycles. The van der Waals surface area contributed by atoms with Crippen molar-refractivity contribution < 1.29 is 0 Å².